The fraction of sp³-hybridized carbons (Fsp3) is 0.211. The molecule has 6 nitrogen and oxygen atoms in total. The van der Waals surface area contributed by atoms with Gasteiger partial charge in [-0.3, -0.25) is 14.0 Å². The number of hydrogen-bond acceptors (Lipinski definition) is 4. The number of carbonyl (C=O) groups is 2. The van der Waals surface area contributed by atoms with E-state index >= 15 is 0 Å². The minimum absolute atomic E-state index is 0.143. The van der Waals surface area contributed by atoms with E-state index in [0.29, 0.717) is 11.3 Å². The minimum Gasteiger partial charge on any atom is -0.349 e. The number of fused-ring (bicyclic) bond motifs is 1. The topological polar surface area (TPSA) is 75.5 Å². The number of rotatable bonds is 6. The molecule has 0 unspecified atom stereocenters. The lowest BCUT2D eigenvalue weighted by molar-refractivity contribution is -0.113. The van der Waals surface area contributed by atoms with Gasteiger partial charge in [0.1, 0.15) is 0 Å². The second-order valence-corrected chi connectivity index (χ2v) is 7.11. The van der Waals surface area contributed by atoms with Crippen molar-refractivity contribution in [3.8, 4) is 0 Å². The highest BCUT2D eigenvalue weighted by Gasteiger charge is 2.25. The third-order valence-electron chi connectivity index (χ3n) is 4.10. The number of nitrogens with one attached hydrogen (secondary N) is 2. The van der Waals surface area contributed by atoms with Gasteiger partial charge in [-0.05, 0) is 37.1 Å². The van der Waals surface area contributed by atoms with Crippen molar-refractivity contribution in [2.24, 2.45) is 0 Å². The van der Waals surface area contributed by atoms with E-state index in [-0.39, 0.29) is 23.6 Å². The first-order valence-corrected chi connectivity index (χ1v) is 9.44. The van der Waals surface area contributed by atoms with Crippen molar-refractivity contribution < 1.29 is 9.59 Å². The maximum atomic E-state index is 12.4. The molecule has 0 atom stereocenters. The van der Waals surface area contributed by atoms with E-state index in [0.717, 1.165) is 23.5 Å². The first-order valence-electron chi connectivity index (χ1n) is 8.45. The Morgan fingerprint density at radius 1 is 1.15 bits per heavy atom. The van der Waals surface area contributed by atoms with Crippen LogP contribution >= 0.6 is 11.8 Å². The molecular formula is C19H18N4O2S. The molecule has 0 saturated heterocycles. The van der Waals surface area contributed by atoms with Crippen LogP contribution in [-0.2, 0) is 4.79 Å². The Morgan fingerprint density at radius 3 is 2.81 bits per heavy atom. The molecule has 0 radical (unpaired) electrons. The Hall–Kier alpha value is -2.80. The molecule has 1 aliphatic rings. The molecule has 26 heavy (non-hydrogen) atoms. The molecule has 1 saturated carbocycles. The molecule has 2 aromatic heterocycles. The summed E-state index contributed by atoms with van der Waals surface area (Å²) in [5.74, 6) is -0.100. The SMILES string of the molecule is O=C(CSc1ncc2ccccn12)Nc1ccccc1C(=O)NC1CC1. The largest absolute Gasteiger partial charge is 0.349 e. The van der Waals surface area contributed by atoms with Gasteiger partial charge in [-0.2, -0.15) is 0 Å². The smallest absolute Gasteiger partial charge is 0.253 e. The van der Waals surface area contributed by atoms with E-state index in [4.69, 9.17) is 0 Å². The van der Waals surface area contributed by atoms with E-state index in [9.17, 15) is 9.59 Å². The van der Waals surface area contributed by atoms with Crippen LogP contribution in [0.25, 0.3) is 5.52 Å². The van der Waals surface area contributed by atoms with Crippen molar-refractivity contribution in [1.29, 1.82) is 0 Å². The number of carbonyl (C=O) groups excluding carboxylic acids is 2. The van der Waals surface area contributed by atoms with Crippen LogP contribution in [-0.4, -0.2) is 33.0 Å². The van der Waals surface area contributed by atoms with Gasteiger partial charge in [0.15, 0.2) is 5.16 Å². The van der Waals surface area contributed by atoms with Crippen molar-refractivity contribution in [1.82, 2.24) is 14.7 Å². The first-order chi connectivity index (χ1) is 12.7. The molecule has 4 rings (SSSR count). The summed E-state index contributed by atoms with van der Waals surface area (Å²) in [5, 5.41) is 6.55. The average Bonchev–Trinajstić information content (AvgIpc) is 3.37. The van der Waals surface area contributed by atoms with Crippen molar-refractivity contribution in [3.63, 3.8) is 0 Å². The van der Waals surface area contributed by atoms with Gasteiger partial charge in [0.25, 0.3) is 5.91 Å². The first kappa shape index (κ1) is 16.7. The predicted octanol–water partition coefficient (Wildman–Crippen LogP) is 2.96. The Labute approximate surface area is 155 Å². The van der Waals surface area contributed by atoms with Crippen molar-refractivity contribution in [3.05, 3.63) is 60.4 Å². The Balaban J connectivity index is 1.41. The summed E-state index contributed by atoms with van der Waals surface area (Å²) in [6, 6.07) is 13.2. The van der Waals surface area contributed by atoms with Crippen LogP contribution in [0.4, 0.5) is 5.69 Å². The fourth-order valence-corrected chi connectivity index (χ4v) is 3.39. The highest BCUT2D eigenvalue weighted by atomic mass is 32.2. The van der Waals surface area contributed by atoms with Gasteiger partial charge >= 0.3 is 0 Å². The molecule has 1 aromatic carbocycles. The molecule has 2 heterocycles. The summed E-state index contributed by atoms with van der Waals surface area (Å²) < 4.78 is 1.94. The molecule has 132 valence electrons. The Bertz CT molecular complexity index is 965. The van der Waals surface area contributed by atoms with E-state index in [1.165, 1.54) is 11.8 Å². The van der Waals surface area contributed by atoms with Crippen molar-refractivity contribution >= 4 is 34.8 Å². The van der Waals surface area contributed by atoms with Crippen LogP contribution < -0.4 is 10.6 Å². The fourth-order valence-electron chi connectivity index (χ4n) is 2.62. The third-order valence-corrected chi connectivity index (χ3v) is 5.06. The van der Waals surface area contributed by atoms with Gasteiger partial charge in [-0.25, -0.2) is 4.98 Å². The summed E-state index contributed by atoms with van der Waals surface area (Å²) in [6.07, 6.45) is 5.74. The lowest BCUT2D eigenvalue weighted by Crippen LogP contribution is -2.27. The van der Waals surface area contributed by atoms with E-state index in [1.807, 2.05) is 28.8 Å². The summed E-state index contributed by atoms with van der Waals surface area (Å²) in [7, 11) is 0. The third kappa shape index (κ3) is 3.72. The van der Waals surface area contributed by atoms with Crippen LogP contribution in [0.1, 0.15) is 23.2 Å². The van der Waals surface area contributed by atoms with Gasteiger partial charge in [0.2, 0.25) is 5.91 Å². The molecule has 0 aliphatic heterocycles. The van der Waals surface area contributed by atoms with Crippen molar-refractivity contribution in [2.45, 2.75) is 24.0 Å². The molecule has 2 amide bonds. The quantitative estimate of drug-likeness (QED) is 0.658. The zero-order valence-corrected chi connectivity index (χ0v) is 14.8. The molecule has 1 aliphatic carbocycles. The molecule has 0 spiro atoms. The predicted molar refractivity (Wildman–Crippen MR) is 101 cm³/mol. The zero-order chi connectivity index (χ0) is 17.9. The van der Waals surface area contributed by atoms with Crippen LogP contribution in [0, 0.1) is 0 Å². The normalized spacial score (nSPS) is 13.5. The molecular weight excluding hydrogens is 348 g/mol. The number of benzene rings is 1. The standard InChI is InChI=1S/C19H18N4O2S/c24-17(12-26-19-20-11-14-5-3-4-10-23(14)19)22-16-7-2-1-6-15(16)18(25)21-13-8-9-13/h1-7,10-11,13H,8-9,12H2,(H,21,25)(H,22,24). The second-order valence-electron chi connectivity index (χ2n) is 6.17. The number of pyridine rings is 1. The summed E-state index contributed by atoms with van der Waals surface area (Å²) in [5.41, 5.74) is 2.01. The number of aromatic nitrogens is 2. The maximum Gasteiger partial charge on any atom is 0.253 e. The zero-order valence-electron chi connectivity index (χ0n) is 14.0. The summed E-state index contributed by atoms with van der Waals surface area (Å²) >= 11 is 1.36. The van der Waals surface area contributed by atoms with Gasteiger partial charge in [0, 0.05) is 12.2 Å². The van der Waals surface area contributed by atoms with Crippen LogP contribution in [0.5, 0.6) is 0 Å². The number of thioether (sulfide) groups is 1. The Kier molecular flexibility index (Phi) is 4.62. The number of hydrogen-bond donors (Lipinski definition) is 2. The van der Waals surface area contributed by atoms with Gasteiger partial charge < -0.3 is 10.6 Å². The summed E-state index contributed by atoms with van der Waals surface area (Å²) in [4.78, 5) is 29.0. The van der Waals surface area contributed by atoms with Gasteiger partial charge in [-0.15, -0.1) is 0 Å². The minimum atomic E-state index is -0.172. The summed E-state index contributed by atoms with van der Waals surface area (Å²) in [6.45, 7) is 0. The molecule has 0 bridgehead atoms. The second kappa shape index (κ2) is 7.21. The van der Waals surface area contributed by atoms with E-state index in [1.54, 1.807) is 30.5 Å². The number of amides is 2. The molecule has 2 N–H and O–H groups in total. The maximum absolute atomic E-state index is 12.4. The van der Waals surface area contributed by atoms with Crippen LogP contribution in [0.2, 0.25) is 0 Å². The highest BCUT2D eigenvalue weighted by molar-refractivity contribution is 7.99. The van der Waals surface area contributed by atoms with Gasteiger partial charge in [0.05, 0.1) is 28.7 Å². The molecule has 7 heteroatoms. The van der Waals surface area contributed by atoms with Crippen LogP contribution in [0.3, 0.4) is 0 Å². The highest BCUT2D eigenvalue weighted by Crippen LogP contribution is 2.22. The lowest BCUT2D eigenvalue weighted by atomic mass is 10.1. The average molecular weight is 366 g/mol. The number of anilines is 1. The van der Waals surface area contributed by atoms with E-state index in [2.05, 4.69) is 15.6 Å². The molecule has 1 fully saturated rings. The number of imidazole rings is 1. The number of para-hydroxylation sites is 1. The Morgan fingerprint density at radius 2 is 1.96 bits per heavy atom. The molecule has 3 aromatic rings. The van der Waals surface area contributed by atoms with Gasteiger partial charge in [-0.1, -0.05) is 30.0 Å². The number of nitrogens with zero attached hydrogens (tertiary/aromatic N) is 2. The van der Waals surface area contributed by atoms with Crippen LogP contribution in [0.15, 0.2) is 60.0 Å². The monoisotopic (exact) mass is 366 g/mol. The lowest BCUT2D eigenvalue weighted by Gasteiger charge is -2.11. The van der Waals surface area contributed by atoms with E-state index < -0.39 is 0 Å². The van der Waals surface area contributed by atoms with Crippen molar-refractivity contribution in [2.75, 3.05) is 11.1 Å².